The molecule has 0 aliphatic heterocycles. The van der Waals surface area contributed by atoms with Gasteiger partial charge in [-0.15, -0.1) is 0 Å². The molecule has 0 aromatic heterocycles. The highest BCUT2D eigenvalue weighted by Gasteiger charge is 2.21. The van der Waals surface area contributed by atoms with Crippen molar-refractivity contribution in [2.75, 3.05) is 6.54 Å². The van der Waals surface area contributed by atoms with Crippen LogP contribution in [0.15, 0.2) is 18.2 Å². The van der Waals surface area contributed by atoms with Crippen molar-refractivity contribution in [3.05, 3.63) is 29.3 Å². The zero-order valence-electron chi connectivity index (χ0n) is 11.9. The molecule has 0 radical (unpaired) electrons. The SMILES string of the molecule is Cc1ccc(C(CN)NC(=O)OC(C)(C)C)c(O)c1. The van der Waals surface area contributed by atoms with Crippen molar-refractivity contribution < 1.29 is 14.6 Å². The largest absolute Gasteiger partial charge is 0.508 e. The molecule has 106 valence electrons. The highest BCUT2D eigenvalue weighted by Crippen LogP contribution is 2.25. The van der Waals surface area contributed by atoms with Gasteiger partial charge in [-0.2, -0.15) is 0 Å². The zero-order valence-corrected chi connectivity index (χ0v) is 11.9. The molecular formula is C14H22N2O3. The molecule has 0 aliphatic carbocycles. The number of hydrogen-bond acceptors (Lipinski definition) is 4. The summed E-state index contributed by atoms with van der Waals surface area (Å²) in [4.78, 5) is 11.7. The zero-order chi connectivity index (χ0) is 14.6. The number of nitrogens with two attached hydrogens (primary N) is 1. The summed E-state index contributed by atoms with van der Waals surface area (Å²) < 4.78 is 5.17. The molecule has 0 saturated carbocycles. The molecule has 1 unspecified atom stereocenters. The Kier molecular flexibility index (Phi) is 4.78. The first-order chi connectivity index (χ1) is 8.73. The van der Waals surface area contributed by atoms with Gasteiger partial charge in [0.2, 0.25) is 0 Å². The van der Waals surface area contributed by atoms with Gasteiger partial charge in [0.1, 0.15) is 11.4 Å². The number of carbonyl (C=O) groups is 1. The number of amides is 1. The van der Waals surface area contributed by atoms with E-state index in [9.17, 15) is 9.90 Å². The Bertz CT molecular complexity index is 452. The fourth-order valence-electron chi connectivity index (χ4n) is 1.66. The maximum absolute atomic E-state index is 11.7. The third-order valence-electron chi connectivity index (χ3n) is 2.49. The molecule has 0 heterocycles. The number of alkyl carbamates (subject to hydrolysis) is 1. The van der Waals surface area contributed by atoms with E-state index < -0.39 is 17.7 Å². The lowest BCUT2D eigenvalue weighted by Gasteiger charge is -2.23. The third kappa shape index (κ3) is 4.79. The Morgan fingerprint density at radius 3 is 2.58 bits per heavy atom. The average molecular weight is 266 g/mol. The van der Waals surface area contributed by atoms with E-state index in [-0.39, 0.29) is 12.3 Å². The lowest BCUT2D eigenvalue weighted by Crippen LogP contribution is -2.37. The van der Waals surface area contributed by atoms with Crippen LogP contribution in [0, 0.1) is 6.92 Å². The fraction of sp³-hybridized carbons (Fsp3) is 0.500. The van der Waals surface area contributed by atoms with Gasteiger partial charge in [0.05, 0.1) is 6.04 Å². The Morgan fingerprint density at radius 2 is 2.11 bits per heavy atom. The summed E-state index contributed by atoms with van der Waals surface area (Å²) in [5, 5.41) is 12.5. The minimum Gasteiger partial charge on any atom is -0.508 e. The summed E-state index contributed by atoms with van der Waals surface area (Å²) >= 11 is 0. The second kappa shape index (κ2) is 5.93. The van der Waals surface area contributed by atoms with E-state index in [0.717, 1.165) is 5.56 Å². The molecule has 0 spiro atoms. The van der Waals surface area contributed by atoms with Crippen LogP contribution >= 0.6 is 0 Å². The molecule has 0 fully saturated rings. The average Bonchev–Trinajstić information content (AvgIpc) is 2.24. The third-order valence-corrected chi connectivity index (χ3v) is 2.49. The van der Waals surface area contributed by atoms with Gasteiger partial charge in [0, 0.05) is 12.1 Å². The van der Waals surface area contributed by atoms with Crippen LogP contribution in [0.3, 0.4) is 0 Å². The van der Waals surface area contributed by atoms with Crippen LogP contribution in [-0.4, -0.2) is 23.3 Å². The van der Waals surface area contributed by atoms with E-state index in [1.54, 1.807) is 32.9 Å². The molecule has 5 nitrogen and oxygen atoms in total. The van der Waals surface area contributed by atoms with Gasteiger partial charge in [-0.05, 0) is 39.3 Å². The Balaban J connectivity index is 2.81. The number of phenolic OH excluding ortho intramolecular Hbond substituents is 1. The topological polar surface area (TPSA) is 84.6 Å². The molecule has 1 aromatic carbocycles. The van der Waals surface area contributed by atoms with Gasteiger partial charge in [-0.1, -0.05) is 12.1 Å². The summed E-state index contributed by atoms with van der Waals surface area (Å²) in [5.41, 5.74) is 6.59. The number of carbonyl (C=O) groups excluding carboxylic acids is 1. The first kappa shape index (κ1) is 15.3. The number of ether oxygens (including phenoxy) is 1. The van der Waals surface area contributed by atoms with E-state index in [0.29, 0.717) is 5.56 Å². The van der Waals surface area contributed by atoms with Crippen molar-refractivity contribution in [1.29, 1.82) is 0 Å². The molecule has 19 heavy (non-hydrogen) atoms. The van der Waals surface area contributed by atoms with Crippen molar-refractivity contribution >= 4 is 6.09 Å². The molecule has 5 heteroatoms. The monoisotopic (exact) mass is 266 g/mol. The van der Waals surface area contributed by atoms with Crippen LogP contribution in [-0.2, 0) is 4.74 Å². The minimum atomic E-state index is -0.571. The van der Waals surface area contributed by atoms with E-state index in [4.69, 9.17) is 10.5 Å². The van der Waals surface area contributed by atoms with Gasteiger partial charge in [0.15, 0.2) is 0 Å². The number of benzene rings is 1. The normalized spacial score (nSPS) is 12.9. The Hall–Kier alpha value is -1.75. The van der Waals surface area contributed by atoms with Crippen LogP contribution in [0.2, 0.25) is 0 Å². The fourth-order valence-corrected chi connectivity index (χ4v) is 1.66. The standard InChI is InChI=1S/C14H22N2O3/c1-9-5-6-10(12(17)7-9)11(8-15)16-13(18)19-14(2,3)4/h5-7,11,17H,8,15H2,1-4H3,(H,16,18). The smallest absolute Gasteiger partial charge is 0.408 e. The molecule has 1 amide bonds. The van der Waals surface area contributed by atoms with Gasteiger partial charge in [0.25, 0.3) is 0 Å². The van der Waals surface area contributed by atoms with Crippen molar-refractivity contribution in [2.45, 2.75) is 39.3 Å². The number of rotatable bonds is 3. The van der Waals surface area contributed by atoms with Gasteiger partial charge in [-0.25, -0.2) is 4.79 Å². The molecule has 1 rings (SSSR count). The van der Waals surface area contributed by atoms with Crippen molar-refractivity contribution in [3.8, 4) is 5.75 Å². The number of hydrogen-bond donors (Lipinski definition) is 3. The first-order valence-electron chi connectivity index (χ1n) is 6.22. The molecule has 4 N–H and O–H groups in total. The maximum Gasteiger partial charge on any atom is 0.408 e. The predicted molar refractivity (Wildman–Crippen MR) is 74.0 cm³/mol. The van der Waals surface area contributed by atoms with E-state index in [2.05, 4.69) is 5.32 Å². The van der Waals surface area contributed by atoms with Gasteiger partial charge >= 0.3 is 6.09 Å². The summed E-state index contributed by atoms with van der Waals surface area (Å²) in [7, 11) is 0. The van der Waals surface area contributed by atoms with Crippen LogP contribution in [0.1, 0.15) is 37.9 Å². The summed E-state index contributed by atoms with van der Waals surface area (Å²) in [5.74, 6) is 0.117. The van der Waals surface area contributed by atoms with Crippen molar-refractivity contribution in [2.24, 2.45) is 5.73 Å². The lowest BCUT2D eigenvalue weighted by molar-refractivity contribution is 0.0505. The summed E-state index contributed by atoms with van der Waals surface area (Å²) in [6.45, 7) is 7.41. The van der Waals surface area contributed by atoms with E-state index in [1.807, 2.05) is 13.0 Å². The Morgan fingerprint density at radius 1 is 1.47 bits per heavy atom. The highest BCUT2D eigenvalue weighted by atomic mass is 16.6. The molecule has 0 aliphatic rings. The molecule has 0 bridgehead atoms. The van der Waals surface area contributed by atoms with Crippen molar-refractivity contribution in [3.63, 3.8) is 0 Å². The summed E-state index contributed by atoms with van der Waals surface area (Å²) in [6.07, 6.45) is -0.553. The molecule has 1 aromatic rings. The molecular weight excluding hydrogens is 244 g/mol. The van der Waals surface area contributed by atoms with Crippen molar-refractivity contribution in [1.82, 2.24) is 5.32 Å². The van der Waals surface area contributed by atoms with Gasteiger partial charge in [-0.3, -0.25) is 0 Å². The number of aromatic hydroxyl groups is 1. The van der Waals surface area contributed by atoms with Gasteiger partial charge < -0.3 is 20.9 Å². The van der Waals surface area contributed by atoms with Crippen LogP contribution in [0.25, 0.3) is 0 Å². The van der Waals surface area contributed by atoms with Crippen LogP contribution < -0.4 is 11.1 Å². The molecule has 1 atom stereocenters. The predicted octanol–water partition coefficient (Wildman–Crippen LogP) is 2.23. The number of aryl methyl sites for hydroxylation is 1. The second-order valence-corrected chi connectivity index (χ2v) is 5.50. The summed E-state index contributed by atoms with van der Waals surface area (Å²) in [6, 6.07) is 4.76. The lowest BCUT2D eigenvalue weighted by atomic mass is 10.0. The number of phenols is 1. The quantitative estimate of drug-likeness (QED) is 0.783. The van der Waals surface area contributed by atoms with E-state index >= 15 is 0 Å². The van der Waals surface area contributed by atoms with E-state index in [1.165, 1.54) is 0 Å². The second-order valence-electron chi connectivity index (χ2n) is 5.50. The highest BCUT2D eigenvalue weighted by molar-refractivity contribution is 5.68. The number of nitrogens with one attached hydrogen (secondary N) is 1. The minimum absolute atomic E-state index is 0.117. The van der Waals surface area contributed by atoms with Crippen LogP contribution in [0.5, 0.6) is 5.75 Å². The Labute approximate surface area is 113 Å². The van der Waals surface area contributed by atoms with Crippen LogP contribution in [0.4, 0.5) is 4.79 Å². The molecule has 0 saturated heterocycles. The maximum atomic E-state index is 11.7. The first-order valence-corrected chi connectivity index (χ1v) is 6.22.